The smallest absolute Gasteiger partial charge is 0.310 e. The van der Waals surface area contributed by atoms with Gasteiger partial charge in [0.15, 0.2) is 12.4 Å². The molecule has 0 aliphatic rings. The molecule has 7 heteroatoms. The van der Waals surface area contributed by atoms with E-state index in [-0.39, 0.29) is 18.0 Å². The Morgan fingerprint density at radius 2 is 2.18 bits per heavy atom. The van der Waals surface area contributed by atoms with Gasteiger partial charge in [-0.3, -0.25) is 19.7 Å². The van der Waals surface area contributed by atoms with Gasteiger partial charge in [0.25, 0.3) is 5.91 Å². The number of carbonyl (C=O) groups is 1. The number of nitro groups is 1. The third kappa shape index (κ3) is 4.07. The summed E-state index contributed by atoms with van der Waals surface area (Å²) in [6, 6.07) is 5.83. The maximum absolute atomic E-state index is 11.1. The molecule has 1 aromatic carbocycles. The second kappa shape index (κ2) is 6.44. The van der Waals surface area contributed by atoms with Crippen LogP contribution in [0, 0.1) is 10.1 Å². The van der Waals surface area contributed by atoms with Gasteiger partial charge in [0, 0.05) is 6.07 Å². The Morgan fingerprint density at radius 1 is 1.47 bits per heavy atom. The van der Waals surface area contributed by atoms with Gasteiger partial charge in [-0.25, -0.2) is 5.48 Å². The fourth-order valence-electron chi connectivity index (χ4n) is 1.06. The van der Waals surface area contributed by atoms with E-state index in [0.29, 0.717) is 6.61 Å². The number of rotatable bonds is 6. The fraction of sp³-hybridized carbons (Fsp3) is 0.300. The molecule has 0 aliphatic carbocycles. The molecule has 1 N–H and O–H groups in total. The van der Waals surface area contributed by atoms with Crippen LogP contribution in [0.5, 0.6) is 5.75 Å². The van der Waals surface area contributed by atoms with Crippen molar-refractivity contribution in [3.8, 4) is 5.75 Å². The van der Waals surface area contributed by atoms with E-state index in [9.17, 15) is 14.9 Å². The molecule has 0 saturated carbocycles. The van der Waals surface area contributed by atoms with Crippen LogP contribution in [0.1, 0.15) is 6.92 Å². The van der Waals surface area contributed by atoms with Crippen LogP contribution < -0.4 is 10.2 Å². The van der Waals surface area contributed by atoms with E-state index in [2.05, 4.69) is 10.3 Å². The van der Waals surface area contributed by atoms with E-state index < -0.39 is 10.8 Å². The zero-order valence-electron chi connectivity index (χ0n) is 9.21. The normalized spacial score (nSPS) is 9.71. The number of carbonyl (C=O) groups excluding carboxylic acids is 1. The monoisotopic (exact) mass is 240 g/mol. The molecule has 0 aromatic heterocycles. The second-order valence-corrected chi connectivity index (χ2v) is 2.97. The predicted octanol–water partition coefficient (Wildman–Crippen LogP) is 1.04. The number of para-hydroxylation sites is 2. The molecule has 0 bridgehead atoms. The third-order valence-electron chi connectivity index (χ3n) is 1.75. The summed E-state index contributed by atoms with van der Waals surface area (Å²) in [7, 11) is 0. The van der Waals surface area contributed by atoms with E-state index in [1.807, 2.05) is 0 Å². The predicted molar refractivity (Wildman–Crippen MR) is 58.4 cm³/mol. The molecule has 1 amide bonds. The van der Waals surface area contributed by atoms with Gasteiger partial charge in [-0.2, -0.15) is 0 Å². The van der Waals surface area contributed by atoms with Crippen LogP contribution in [-0.2, 0) is 9.63 Å². The molecular weight excluding hydrogens is 228 g/mol. The topological polar surface area (TPSA) is 90.7 Å². The summed E-state index contributed by atoms with van der Waals surface area (Å²) in [5.41, 5.74) is 1.93. The molecular formula is C10H12N2O5. The minimum absolute atomic E-state index is 0.0455. The quantitative estimate of drug-likeness (QED) is 0.592. The van der Waals surface area contributed by atoms with E-state index in [1.165, 1.54) is 18.2 Å². The number of benzene rings is 1. The van der Waals surface area contributed by atoms with Crippen LogP contribution in [0.15, 0.2) is 24.3 Å². The SMILES string of the molecule is CCONC(=O)COc1ccccc1[N+](=O)[O-]. The van der Waals surface area contributed by atoms with Gasteiger partial charge in [-0.1, -0.05) is 12.1 Å². The van der Waals surface area contributed by atoms with Gasteiger partial charge in [-0.05, 0) is 13.0 Å². The number of hydroxylamine groups is 1. The van der Waals surface area contributed by atoms with Gasteiger partial charge in [-0.15, -0.1) is 0 Å². The number of nitrogens with one attached hydrogen (secondary N) is 1. The van der Waals surface area contributed by atoms with Crippen LogP contribution in [0.25, 0.3) is 0 Å². The van der Waals surface area contributed by atoms with Crippen molar-refractivity contribution in [1.29, 1.82) is 0 Å². The molecule has 0 saturated heterocycles. The van der Waals surface area contributed by atoms with Crippen molar-refractivity contribution in [3.63, 3.8) is 0 Å². The first-order valence-electron chi connectivity index (χ1n) is 4.92. The fourth-order valence-corrected chi connectivity index (χ4v) is 1.06. The summed E-state index contributed by atoms with van der Waals surface area (Å²) in [6.07, 6.45) is 0. The van der Waals surface area contributed by atoms with Gasteiger partial charge in [0.1, 0.15) is 0 Å². The van der Waals surface area contributed by atoms with Crippen LogP contribution >= 0.6 is 0 Å². The standard InChI is InChI=1S/C10H12N2O5/c1-2-17-11-10(13)7-16-9-6-4-3-5-8(9)12(14)15/h3-6H,2,7H2,1H3,(H,11,13). The molecule has 7 nitrogen and oxygen atoms in total. The van der Waals surface area contributed by atoms with Gasteiger partial charge >= 0.3 is 5.69 Å². The molecule has 0 atom stereocenters. The van der Waals surface area contributed by atoms with Gasteiger partial charge in [0.2, 0.25) is 0 Å². The number of hydrogen-bond acceptors (Lipinski definition) is 5. The molecule has 0 fully saturated rings. The summed E-state index contributed by atoms with van der Waals surface area (Å²) in [5.74, 6) is -0.464. The molecule has 1 rings (SSSR count). The van der Waals surface area contributed by atoms with Crippen molar-refractivity contribution < 1.29 is 19.3 Å². The Balaban J connectivity index is 2.57. The number of nitro benzene ring substituents is 1. The second-order valence-electron chi connectivity index (χ2n) is 2.97. The lowest BCUT2D eigenvalue weighted by Gasteiger charge is -2.06. The lowest BCUT2D eigenvalue weighted by atomic mass is 10.3. The summed E-state index contributed by atoms with van der Waals surface area (Å²) >= 11 is 0. The number of nitrogens with zero attached hydrogens (tertiary/aromatic N) is 1. The van der Waals surface area contributed by atoms with E-state index in [0.717, 1.165) is 0 Å². The Kier molecular flexibility index (Phi) is 4.89. The average molecular weight is 240 g/mol. The van der Waals surface area contributed by atoms with Crippen molar-refractivity contribution in [2.24, 2.45) is 0 Å². The van der Waals surface area contributed by atoms with Crippen molar-refractivity contribution in [2.75, 3.05) is 13.2 Å². The Morgan fingerprint density at radius 3 is 2.82 bits per heavy atom. The summed E-state index contributed by atoms with van der Waals surface area (Å²) in [5, 5.41) is 10.6. The Bertz CT molecular complexity index is 407. The Hall–Kier alpha value is -2.15. The molecule has 17 heavy (non-hydrogen) atoms. The zero-order valence-corrected chi connectivity index (χ0v) is 9.21. The molecule has 0 spiro atoms. The van der Waals surface area contributed by atoms with Crippen molar-refractivity contribution in [3.05, 3.63) is 34.4 Å². The highest BCUT2D eigenvalue weighted by Gasteiger charge is 2.14. The lowest BCUT2D eigenvalue weighted by Crippen LogP contribution is -2.29. The molecule has 0 unspecified atom stereocenters. The number of amides is 1. The summed E-state index contributed by atoms with van der Waals surface area (Å²) in [4.78, 5) is 25.8. The maximum Gasteiger partial charge on any atom is 0.310 e. The van der Waals surface area contributed by atoms with E-state index >= 15 is 0 Å². The first-order valence-corrected chi connectivity index (χ1v) is 4.92. The minimum atomic E-state index is -0.574. The molecule has 92 valence electrons. The van der Waals surface area contributed by atoms with Crippen LogP contribution in [0.4, 0.5) is 5.69 Å². The van der Waals surface area contributed by atoms with Crippen LogP contribution in [0.2, 0.25) is 0 Å². The van der Waals surface area contributed by atoms with Crippen molar-refractivity contribution >= 4 is 11.6 Å². The first-order chi connectivity index (χ1) is 8.15. The van der Waals surface area contributed by atoms with Crippen molar-refractivity contribution in [2.45, 2.75) is 6.92 Å². The number of hydrogen-bond donors (Lipinski definition) is 1. The van der Waals surface area contributed by atoms with E-state index in [1.54, 1.807) is 13.0 Å². The summed E-state index contributed by atoms with van der Waals surface area (Å²) < 4.78 is 5.02. The first kappa shape index (κ1) is 12.9. The lowest BCUT2D eigenvalue weighted by molar-refractivity contribution is -0.385. The molecule has 0 aliphatic heterocycles. The van der Waals surface area contributed by atoms with E-state index in [4.69, 9.17) is 4.74 Å². The Labute approximate surface area is 97.4 Å². The van der Waals surface area contributed by atoms with Gasteiger partial charge < -0.3 is 4.74 Å². The largest absolute Gasteiger partial charge is 0.477 e. The highest BCUT2D eigenvalue weighted by Crippen LogP contribution is 2.25. The van der Waals surface area contributed by atoms with Gasteiger partial charge in [0.05, 0.1) is 11.5 Å². The maximum atomic E-state index is 11.1. The third-order valence-corrected chi connectivity index (χ3v) is 1.75. The molecule has 0 heterocycles. The highest BCUT2D eigenvalue weighted by molar-refractivity contribution is 5.76. The highest BCUT2D eigenvalue weighted by atomic mass is 16.7. The van der Waals surface area contributed by atoms with Crippen molar-refractivity contribution in [1.82, 2.24) is 5.48 Å². The number of ether oxygens (including phenoxy) is 1. The molecule has 1 aromatic rings. The zero-order chi connectivity index (χ0) is 12.7. The average Bonchev–Trinajstić information content (AvgIpc) is 2.34. The molecule has 0 radical (unpaired) electrons. The summed E-state index contributed by atoms with van der Waals surface area (Å²) in [6.45, 7) is 1.70. The minimum Gasteiger partial charge on any atom is -0.477 e. The van der Waals surface area contributed by atoms with Crippen LogP contribution in [0.3, 0.4) is 0 Å². The van der Waals surface area contributed by atoms with Crippen LogP contribution in [-0.4, -0.2) is 24.0 Å².